The first-order chi connectivity index (χ1) is 57.5. The summed E-state index contributed by atoms with van der Waals surface area (Å²) in [6, 6.07) is 129. The third kappa shape index (κ3) is 13.9. The van der Waals surface area contributed by atoms with E-state index in [-0.39, 0.29) is 19.8 Å². The van der Waals surface area contributed by atoms with Crippen LogP contribution in [-0.2, 0) is 25.2 Å². The molecule has 2 aliphatic rings. The lowest BCUT2D eigenvalue weighted by Gasteiger charge is -2.32. The monoisotopic (exact) mass is 1530 g/mol. The van der Waals surface area contributed by atoms with Crippen LogP contribution in [0.3, 0.4) is 0 Å². The molecule has 117 heavy (non-hydrogen) atoms. The van der Waals surface area contributed by atoms with Crippen molar-refractivity contribution in [2.75, 3.05) is 55.1 Å². The van der Waals surface area contributed by atoms with Crippen LogP contribution < -0.4 is 43.3 Å². The summed E-state index contributed by atoms with van der Waals surface area (Å²) in [5, 5.41) is 30.3. The van der Waals surface area contributed by atoms with Crippen LogP contribution in [0, 0.1) is 0 Å². The van der Waals surface area contributed by atoms with Crippen molar-refractivity contribution in [3.8, 4) is 95.5 Å². The van der Waals surface area contributed by atoms with Crippen molar-refractivity contribution in [1.29, 1.82) is 0 Å². The minimum atomic E-state index is -0.893. The number of ether oxygens (including phenoxy) is 5. The molecule has 0 bridgehead atoms. The Bertz CT molecular complexity index is 5260. The third-order valence-electron chi connectivity index (χ3n) is 22.9. The van der Waals surface area contributed by atoms with Gasteiger partial charge >= 0.3 is 0 Å². The number of nitrogens with zero attached hydrogens (tertiary/aromatic N) is 4. The van der Waals surface area contributed by atoms with Crippen molar-refractivity contribution in [2.24, 2.45) is 0 Å². The maximum absolute atomic E-state index is 10.1. The van der Waals surface area contributed by atoms with Gasteiger partial charge in [0.1, 0.15) is 28.7 Å². The molecule has 3 N–H and O–H groups in total. The molecule has 1 spiro atoms. The van der Waals surface area contributed by atoms with Crippen LogP contribution in [0.2, 0.25) is 0 Å². The van der Waals surface area contributed by atoms with Gasteiger partial charge in [-0.05, 0) is 336 Å². The number of anilines is 12. The normalized spacial score (nSPS) is 12.8. The van der Waals surface area contributed by atoms with Gasteiger partial charge in [-0.3, -0.25) is 0 Å². The fraction of sp³-hybridized carbons (Fsp3) is 0.0857. The molecule has 1 unspecified atom stereocenters. The molecule has 0 fully saturated rings. The van der Waals surface area contributed by atoms with E-state index in [4.69, 9.17) is 23.7 Å². The molecule has 0 aromatic heterocycles. The summed E-state index contributed by atoms with van der Waals surface area (Å²) in [7, 11) is 8.44. The predicted molar refractivity (Wildman–Crippen MR) is 474 cm³/mol. The Hall–Kier alpha value is -14.4. The summed E-state index contributed by atoms with van der Waals surface area (Å²) in [4.78, 5) is 8.94. The smallest absolute Gasteiger partial charge is 0.119 e. The van der Waals surface area contributed by atoms with Gasteiger partial charge in [0.25, 0.3) is 0 Å². The van der Waals surface area contributed by atoms with Crippen molar-refractivity contribution in [3.05, 3.63) is 403 Å². The molecular weight excluding hydrogens is 1450 g/mol. The van der Waals surface area contributed by atoms with Crippen LogP contribution in [-0.4, -0.2) is 50.9 Å². The molecule has 0 aliphatic heterocycles. The highest BCUT2D eigenvalue weighted by Gasteiger charge is 2.52. The van der Waals surface area contributed by atoms with E-state index in [1.165, 1.54) is 22.3 Å². The molecule has 1 atom stereocenters. The third-order valence-corrected chi connectivity index (χ3v) is 22.9. The maximum Gasteiger partial charge on any atom is 0.119 e. The lowest BCUT2D eigenvalue weighted by Crippen LogP contribution is -2.26. The summed E-state index contributed by atoms with van der Waals surface area (Å²) in [6.07, 6.45) is 0. The van der Waals surface area contributed by atoms with E-state index in [1.54, 1.807) is 35.5 Å². The molecule has 572 valence electrons. The topological polar surface area (TPSA) is 120 Å². The van der Waals surface area contributed by atoms with Crippen molar-refractivity contribution in [2.45, 2.75) is 25.2 Å². The van der Waals surface area contributed by atoms with Crippen LogP contribution in [0.5, 0.6) is 28.7 Å². The molecule has 18 rings (SSSR count). The molecule has 16 aromatic carbocycles. The van der Waals surface area contributed by atoms with Crippen molar-refractivity contribution in [1.82, 2.24) is 0 Å². The lowest BCUT2D eigenvalue weighted by atomic mass is 9.69. The van der Waals surface area contributed by atoms with E-state index in [0.717, 1.165) is 180 Å². The number of benzene rings is 16. The highest BCUT2D eigenvalue weighted by atomic mass is 16.5. The average Bonchev–Trinajstić information content (AvgIpc) is 1.50. The first-order valence-electron chi connectivity index (χ1n) is 39.1. The fourth-order valence-electron chi connectivity index (χ4n) is 16.9. The Kier molecular flexibility index (Phi) is 20.2. The van der Waals surface area contributed by atoms with E-state index < -0.39 is 5.41 Å². The standard InChI is InChI=1S/C105H84N4O8/c1-113-92-48-38-87(39-49-92)107(82-28-10-71(68-112)11-29-82)84-32-14-73(15-33-84)77-21-59-98-100-61-23-79(75-18-36-86(37-19-75)109(90-44-54-95(116-4)55-45-90)91-46-56-96(117-5)57-47-91)65-104(100)105(102(98)63-77)101-62-76(72-12-30-83(31-13-72)106(80-24-6-69(66-110)7-25-80)81-26-8-70(67-111)9-27-81)20-58-97(101)99-60-22-78(64-103(99)105)74-16-34-85(35-17-74)108(88-40-50-93(114-2)51-41-88)89-42-52-94(115-3)53-43-89/h6-65,110-112H,66-68H2,1-5H3. The number of aliphatic hydroxyl groups is 3. The Morgan fingerprint density at radius 2 is 0.333 bits per heavy atom. The van der Waals surface area contributed by atoms with Gasteiger partial charge in [0.15, 0.2) is 0 Å². The second-order valence-electron chi connectivity index (χ2n) is 29.3. The molecule has 0 saturated carbocycles. The highest BCUT2D eigenvalue weighted by Crippen LogP contribution is 2.65. The van der Waals surface area contributed by atoms with Crippen LogP contribution in [0.1, 0.15) is 38.9 Å². The van der Waals surface area contributed by atoms with E-state index in [1.807, 2.05) is 121 Å². The SMILES string of the molecule is COc1ccc(N(c2ccc(CO)cc2)c2ccc(-c3ccc4c(c3)C3(c5cc(-c6ccc(N(c7ccc(CO)cc7)c7ccc(CO)cc7)cc6)ccc5-c5ccc(-c6ccc(N(c7ccc(OC)cc7)c7ccc(OC)cc7)cc6)cc53)c3cc(-c5ccc(N(c6ccc(OC)cc6)c6ccc(OC)cc6)cc5)ccc3-4)cc2)cc1. The minimum Gasteiger partial charge on any atom is -0.497 e. The molecule has 0 saturated heterocycles. The van der Waals surface area contributed by atoms with Crippen molar-refractivity contribution >= 4 is 68.2 Å². The summed E-state index contributed by atoms with van der Waals surface area (Å²) in [5.41, 5.74) is 31.0. The number of hydrogen-bond acceptors (Lipinski definition) is 12. The zero-order valence-electron chi connectivity index (χ0n) is 65.4. The summed E-state index contributed by atoms with van der Waals surface area (Å²) < 4.78 is 28.2. The average molecular weight is 1530 g/mol. The first kappa shape index (κ1) is 74.0. The van der Waals surface area contributed by atoms with Crippen LogP contribution in [0.4, 0.5) is 68.2 Å². The van der Waals surface area contributed by atoms with Gasteiger partial charge in [0, 0.05) is 68.2 Å². The van der Waals surface area contributed by atoms with Gasteiger partial charge in [0.2, 0.25) is 0 Å². The zero-order valence-corrected chi connectivity index (χ0v) is 65.4. The zero-order chi connectivity index (χ0) is 79.7. The second-order valence-corrected chi connectivity index (χ2v) is 29.3. The van der Waals surface area contributed by atoms with E-state index in [2.05, 4.69) is 262 Å². The lowest BCUT2D eigenvalue weighted by molar-refractivity contribution is 0.281. The molecule has 0 heterocycles. The van der Waals surface area contributed by atoms with Crippen molar-refractivity contribution in [3.63, 3.8) is 0 Å². The molecule has 2 aliphatic carbocycles. The highest BCUT2D eigenvalue weighted by molar-refractivity contribution is 5.99. The number of rotatable bonds is 24. The Morgan fingerprint density at radius 3 is 0.487 bits per heavy atom. The summed E-state index contributed by atoms with van der Waals surface area (Å²) >= 11 is 0. The van der Waals surface area contributed by atoms with Gasteiger partial charge in [-0.1, -0.05) is 133 Å². The Balaban J connectivity index is 0.820. The van der Waals surface area contributed by atoms with Gasteiger partial charge in [-0.15, -0.1) is 0 Å². The first-order valence-corrected chi connectivity index (χ1v) is 39.1. The van der Waals surface area contributed by atoms with Gasteiger partial charge in [0.05, 0.1) is 60.8 Å². The van der Waals surface area contributed by atoms with Crippen LogP contribution in [0.15, 0.2) is 364 Å². The van der Waals surface area contributed by atoms with Crippen molar-refractivity contribution < 1.29 is 39.0 Å². The predicted octanol–water partition coefficient (Wildman–Crippen LogP) is 25.1. The number of hydrogen-bond donors (Lipinski definition) is 3. The van der Waals surface area contributed by atoms with Gasteiger partial charge < -0.3 is 58.6 Å². The van der Waals surface area contributed by atoms with E-state index in [9.17, 15) is 15.3 Å². The fourth-order valence-corrected chi connectivity index (χ4v) is 16.9. The number of methoxy groups -OCH3 is 5. The molecule has 0 radical (unpaired) electrons. The molecule has 12 heteroatoms. The Morgan fingerprint density at radius 1 is 0.188 bits per heavy atom. The Labute approximate surface area is 682 Å². The molecular formula is C105H84N4O8. The maximum atomic E-state index is 10.1. The number of fused-ring (bicyclic) bond motifs is 10. The van der Waals surface area contributed by atoms with Gasteiger partial charge in [-0.25, -0.2) is 0 Å². The summed E-state index contributed by atoms with van der Waals surface area (Å²) in [5.74, 6) is 3.87. The minimum absolute atomic E-state index is 0.0508. The summed E-state index contributed by atoms with van der Waals surface area (Å²) in [6.45, 7) is -0.170. The van der Waals surface area contributed by atoms with E-state index in [0.29, 0.717) is 0 Å². The van der Waals surface area contributed by atoms with Crippen LogP contribution >= 0.6 is 0 Å². The molecule has 16 aromatic rings. The molecule has 0 amide bonds. The van der Waals surface area contributed by atoms with Crippen LogP contribution in [0.25, 0.3) is 66.8 Å². The quantitative estimate of drug-likeness (QED) is 0.0534. The largest absolute Gasteiger partial charge is 0.497 e. The van der Waals surface area contributed by atoms with E-state index >= 15 is 0 Å². The van der Waals surface area contributed by atoms with Gasteiger partial charge in [-0.2, -0.15) is 0 Å². The second kappa shape index (κ2) is 31.9. The molecule has 12 nitrogen and oxygen atoms in total. The number of aliphatic hydroxyl groups excluding tert-OH is 3.